The first kappa shape index (κ1) is 49.0. The van der Waals surface area contributed by atoms with Gasteiger partial charge in [-0.15, -0.1) is 0 Å². The number of allylic oxidation sites excluding steroid dienone is 1. The maximum absolute atomic E-state index is 12.9. The van der Waals surface area contributed by atoms with E-state index in [1.54, 1.807) is 6.08 Å². The largest absolute Gasteiger partial charge is 0.394 e. The van der Waals surface area contributed by atoms with E-state index in [9.17, 15) is 25.2 Å². The summed E-state index contributed by atoms with van der Waals surface area (Å²) in [6, 6.07) is -0.720. The Bertz CT molecular complexity index is 811. The van der Waals surface area contributed by atoms with Crippen molar-refractivity contribution in [3.05, 3.63) is 18.6 Å². The van der Waals surface area contributed by atoms with Gasteiger partial charge in [-0.2, -0.15) is 0 Å². The lowest BCUT2D eigenvalue weighted by Gasteiger charge is -2.36. The van der Waals surface area contributed by atoms with Gasteiger partial charge in [-0.3, -0.25) is 4.79 Å². The van der Waals surface area contributed by atoms with E-state index in [0.717, 1.165) is 32.1 Å². The second kappa shape index (κ2) is 35.7. The second-order valence-electron chi connectivity index (χ2n) is 15.6. The summed E-state index contributed by atoms with van der Waals surface area (Å²) in [5.74, 6) is -0.132. The Morgan fingerprint density at radius 3 is 1.54 bits per heavy atom. The van der Waals surface area contributed by atoms with Crippen molar-refractivity contribution in [2.45, 2.75) is 243 Å². The minimum atomic E-state index is -1.20. The molecule has 1 heterocycles. The molecule has 1 amide bonds. The van der Waals surface area contributed by atoms with Crippen molar-refractivity contribution in [1.29, 1.82) is 0 Å². The van der Waals surface area contributed by atoms with Crippen LogP contribution in [0.15, 0.2) is 12.2 Å². The summed E-state index contributed by atoms with van der Waals surface area (Å²) >= 11 is 0. The molecular weight excluding hydrogens is 654 g/mol. The van der Waals surface area contributed by atoms with Gasteiger partial charge in [-0.05, 0) is 19.3 Å². The molecule has 307 valence electrons. The molecule has 8 heteroatoms. The van der Waals surface area contributed by atoms with Crippen LogP contribution < -0.4 is 5.32 Å². The van der Waals surface area contributed by atoms with Gasteiger partial charge in [0.15, 0.2) is 6.29 Å². The third-order valence-electron chi connectivity index (χ3n) is 10.6. The van der Waals surface area contributed by atoms with Gasteiger partial charge in [-0.25, -0.2) is 0 Å². The minimum Gasteiger partial charge on any atom is -0.394 e. The van der Waals surface area contributed by atoms with Crippen LogP contribution in [-0.4, -0.2) is 76.3 Å². The molecule has 1 radical (unpaired) electrons. The number of aliphatic hydroxyl groups excluding tert-OH is 4. The van der Waals surface area contributed by atoms with E-state index in [1.165, 1.54) is 161 Å². The van der Waals surface area contributed by atoms with Gasteiger partial charge in [0.1, 0.15) is 12.2 Å². The van der Waals surface area contributed by atoms with Crippen molar-refractivity contribution in [3.63, 3.8) is 0 Å². The molecule has 0 aliphatic carbocycles. The molecule has 5 N–H and O–H groups in total. The Morgan fingerprint density at radius 2 is 1.10 bits per heavy atom. The molecule has 0 saturated carbocycles. The van der Waals surface area contributed by atoms with Crippen LogP contribution in [0.5, 0.6) is 0 Å². The Kier molecular flexibility index (Phi) is 33.6. The summed E-state index contributed by atoms with van der Waals surface area (Å²) < 4.78 is 11.3. The van der Waals surface area contributed by atoms with Crippen LogP contribution in [0.2, 0.25) is 0 Å². The van der Waals surface area contributed by atoms with Gasteiger partial charge in [0.05, 0.1) is 31.5 Å². The maximum atomic E-state index is 12.9. The van der Waals surface area contributed by atoms with Gasteiger partial charge in [0.25, 0.3) is 0 Å². The van der Waals surface area contributed by atoms with E-state index in [-0.39, 0.29) is 12.5 Å². The lowest BCUT2D eigenvalue weighted by molar-refractivity contribution is -0.254. The molecule has 1 aliphatic rings. The molecule has 1 saturated heterocycles. The van der Waals surface area contributed by atoms with Gasteiger partial charge in [0, 0.05) is 12.8 Å². The molecule has 0 aromatic heterocycles. The van der Waals surface area contributed by atoms with Crippen molar-refractivity contribution < 1.29 is 34.7 Å². The highest BCUT2D eigenvalue weighted by Gasteiger charge is 2.37. The van der Waals surface area contributed by atoms with E-state index in [2.05, 4.69) is 19.2 Å². The van der Waals surface area contributed by atoms with Crippen LogP contribution in [0.3, 0.4) is 0 Å². The van der Waals surface area contributed by atoms with Crippen molar-refractivity contribution in [2.75, 3.05) is 13.2 Å². The maximum Gasteiger partial charge on any atom is 0.220 e. The molecule has 0 aromatic carbocycles. The summed E-state index contributed by atoms with van der Waals surface area (Å²) in [6.45, 7) is 4.02. The molecule has 0 spiro atoms. The molecule has 6 atom stereocenters. The molecule has 52 heavy (non-hydrogen) atoms. The van der Waals surface area contributed by atoms with E-state index in [1.807, 2.05) is 6.08 Å². The number of rotatable bonds is 37. The summed E-state index contributed by atoms with van der Waals surface area (Å²) in [4.78, 5) is 12.9. The quantitative estimate of drug-likeness (QED) is 0.0317. The minimum absolute atomic E-state index is 0.0848. The lowest BCUT2D eigenvalue weighted by Crippen LogP contribution is -2.52. The zero-order valence-electron chi connectivity index (χ0n) is 33.8. The number of aliphatic hydroxyl groups is 4. The second-order valence-corrected chi connectivity index (χ2v) is 15.6. The first-order valence-corrected chi connectivity index (χ1v) is 22.2. The summed E-state index contributed by atoms with van der Waals surface area (Å²) in [7, 11) is 0. The summed E-state index contributed by atoms with van der Waals surface area (Å²) in [5.41, 5.74) is 0. The fourth-order valence-electron chi connectivity index (χ4n) is 7.05. The normalized spacial score (nSPS) is 20.4. The molecule has 8 nitrogen and oxygen atoms in total. The summed E-state index contributed by atoms with van der Waals surface area (Å²) in [6.07, 6.45) is 37.0. The number of carbonyl (C=O) groups is 1. The van der Waals surface area contributed by atoms with Crippen LogP contribution >= 0.6 is 0 Å². The average molecular weight is 739 g/mol. The topological polar surface area (TPSA) is 128 Å². The highest BCUT2D eigenvalue weighted by Crippen LogP contribution is 2.21. The van der Waals surface area contributed by atoms with Gasteiger partial charge in [-0.1, -0.05) is 193 Å². The van der Waals surface area contributed by atoms with Crippen molar-refractivity contribution in [2.24, 2.45) is 0 Å². The fraction of sp³-hybridized carbons (Fsp3) is 0.909. The zero-order valence-corrected chi connectivity index (χ0v) is 33.8. The lowest BCUT2D eigenvalue weighted by atomic mass is 10.0. The molecule has 0 bridgehead atoms. The van der Waals surface area contributed by atoms with Gasteiger partial charge >= 0.3 is 0 Å². The smallest absolute Gasteiger partial charge is 0.220 e. The van der Waals surface area contributed by atoms with Crippen molar-refractivity contribution >= 4 is 5.91 Å². The number of ether oxygens (including phenoxy) is 2. The standard InChI is InChI=1S/C44H84NO7/c1-3-5-7-9-11-13-15-17-18-19-20-22-24-26-28-30-32-34-43(50)45-38(37-51-44-41(49)35-40(48)42(36-46)52-44)39(47)33-31-29-27-25-23-21-16-14-12-10-8-6-4-2/h31,33,35,38-42,44,46-49H,3-30,32,34,36-37H2,1-2H3,(H,45,50)/b33-31+/t38-,39+,40-,41?,42+,44+/m0/s1. The Balaban J connectivity index is 2.31. The van der Waals surface area contributed by atoms with Crippen LogP contribution in [0.4, 0.5) is 0 Å². The van der Waals surface area contributed by atoms with E-state index in [4.69, 9.17) is 9.47 Å². The average Bonchev–Trinajstić information content (AvgIpc) is 3.13. The Hall–Kier alpha value is -1.03. The SMILES string of the molecule is CCCCCCCCCCCCC/C=C/[C@@H](O)[C@H](CO[C@@H]1O[C@H](CO)[C@@H](O)[CH]C1O)NC(=O)CCCCCCCCCCCCCCCCCCC. The number of hydrogen-bond donors (Lipinski definition) is 5. The number of nitrogens with one attached hydrogen (secondary N) is 1. The van der Waals surface area contributed by atoms with Crippen molar-refractivity contribution in [3.8, 4) is 0 Å². The highest BCUT2D eigenvalue weighted by atomic mass is 16.7. The third-order valence-corrected chi connectivity index (χ3v) is 10.6. The van der Waals surface area contributed by atoms with E-state index < -0.39 is 43.4 Å². The highest BCUT2D eigenvalue weighted by molar-refractivity contribution is 5.76. The van der Waals surface area contributed by atoms with E-state index >= 15 is 0 Å². The molecule has 1 rings (SSSR count). The Labute approximate surface area is 320 Å². The predicted molar refractivity (Wildman–Crippen MR) is 215 cm³/mol. The summed E-state index contributed by atoms with van der Waals surface area (Å²) in [5, 5.41) is 43.8. The van der Waals surface area contributed by atoms with Crippen LogP contribution in [-0.2, 0) is 14.3 Å². The first-order chi connectivity index (χ1) is 25.4. The first-order valence-electron chi connectivity index (χ1n) is 22.2. The fourth-order valence-corrected chi connectivity index (χ4v) is 7.05. The number of hydrogen-bond acceptors (Lipinski definition) is 7. The molecule has 1 aliphatic heterocycles. The molecule has 1 unspecified atom stereocenters. The van der Waals surface area contributed by atoms with Crippen LogP contribution in [0, 0.1) is 6.42 Å². The van der Waals surface area contributed by atoms with Crippen molar-refractivity contribution in [1.82, 2.24) is 5.32 Å². The number of amides is 1. The number of unbranched alkanes of at least 4 members (excludes halogenated alkanes) is 27. The molecular formula is C44H84NO7. The monoisotopic (exact) mass is 739 g/mol. The Morgan fingerprint density at radius 1 is 0.673 bits per heavy atom. The third kappa shape index (κ3) is 27.5. The molecule has 0 aromatic rings. The predicted octanol–water partition coefficient (Wildman–Crippen LogP) is 9.79. The zero-order chi connectivity index (χ0) is 37.9. The van der Waals surface area contributed by atoms with E-state index in [0.29, 0.717) is 6.42 Å². The van der Waals surface area contributed by atoms with Gasteiger partial charge < -0.3 is 35.2 Å². The number of carbonyl (C=O) groups excluding carboxylic acids is 1. The van der Waals surface area contributed by atoms with Crippen LogP contribution in [0.1, 0.15) is 206 Å². The molecule has 1 fully saturated rings. The van der Waals surface area contributed by atoms with Gasteiger partial charge in [0.2, 0.25) is 5.91 Å². The van der Waals surface area contributed by atoms with Crippen LogP contribution in [0.25, 0.3) is 0 Å².